The van der Waals surface area contributed by atoms with Gasteiger partial charge in [-0.1, -0.05) is 30.3 Å². The van der Waals surface area contributed by atoms with Gasteiger partial charge in [-0.25, -0.2) is 0 Å². The summed E-state index contributed by atoms with van der Waals surface area (Å²) in [4.78, 5) is 26.6. The van der Waals surface area contributed by atoms with E-state index in [1.807, 2.05) is 30.3 Å². The van der Waals surface area contributed by atoms with Crippen molar-refractivity contribution in [1.29, 1.82) is 0 Å². The second-order valence-corrected chi connectivity index (χ2v) is 7.43. The van der Waals surface area contributed by atoms with Crippen LogP contribution < -0.4 is 5.32 Å². The number of carbonyl (C=O) groups is 2. The molecule has 2 amide bonds. The van der Waals surface area contributed by atoms with Crippen molar-refractivity contribution in [2.24, 2.45) is 0 Å². The SMILES string of the molecule is O=C1C(NC(=O)C2(O)CCSCC2)CCN1Cc1ccccc1. The van der Waals surface area contributed by atoms with E-state index < -0.39 is 17.6 Å². The zero-order valence-corrected chi connectivity index (χ0v) is 13.8. The van der Waals surface area contributed by atoms with E-state index in [1.54, 1.807) is 16.7 Å². The van der Waals surface area contributed by atoms with Crippen LogP contribution in [0.3, 0.4) is 0 Å². The van der Waals surface area contributed by atoms with Crippen molar-refractivity contribution in [3.63, 3.8) is 0 Å². The van der Waals surface area contributed by atoms with Crippen molar-refractivity contribution in [1.82, 2.24) is 10.2 Å². The average Bonchev–Trinajstić information content (AvgIpc) is 2.90. The van der Waals surface area contributed by atoms with Crippen LogP contribution in [0, 0.1) is 0 Å². The first-order valence-electron chi connectivity index (χ1n) is 8.02. The largest absolute Gasteiger partial charge is 0.380 e. The summed E-state index contributed by atoms with van der Waals surface area (Å²) in [6.07, 6.45) is 1.51. The van der Waals surface area contributed by atoms with Gasteiger partial charge in [0.25, 0.3) is 5.91 Å². The smallest absolute Gasteiger partial charge is 0.252 e. The van der Waals surface area contributed by atoms with Gasteiger partial charge in [0.1, 0.15) is 11.6 Å². The van der Waals surface area contributed by atoms with Crippen LogP contribution in [0.25, 0.3) is 0 Å². The van der Waals surface area contributed by atoms with Crippen LogP contribution in [0.1, 0.15) is 24.8 Å². The van der Waals surface area contributed by atoms with Gasteiger partial charge in [-0.15, -0.1) is 0 Å². The quantitative estimate of drug-likeness (QED) is 0.867. The number of benzene rings is 1. The normalized spacial score (nSPS) is 23.8. The summed E-state index contributed by atoms with van der Waals surface area (Å²) >= 11 is 1.74. The molecule has 1 aromatic rings. The van der Waals surface area contributed by atoms with Crippen LogP contribution in [0.15, 0.2) is 30.3 Å². The third-order valence-corrected chi connectivity index (χ3v) is 5.55. The summed E-state index contributed by atoms with van der Waals surface area (Å²) in [5.74, 6) is 1.11. The molecule has 0 radical (unpaired) electrons. The minimum absolute atomic E-state index is 0.0593. The van der Waals surface area contributed by atoms with Crippen LogP contribution in [0.5, 0.6) is 0 Å². The van der Waals surface area contributed by atoms with E-state index in [2.05, 4.69) is 5.32 Å². The topological polar surface area (TPSA) is 69.6 Å². The molecular formula is C17H22N2O3S. The Morgan fingerprint density at radius 3 is 2.70 bits per heavy atom. The van der Waals surface area contributed by atoms with E-state index in [0.717, 1.165) is 17.1 Å². The van der Waals surface area contributed by atoms with Gasteiger partial charge < -0.3 is 15.3 Å². The molecule has 6 heteroatoms. The van der Waals surface area contributed by atoms with E-state index in [-0.39, 0.29) is 5.91 Å². The standard InChI is InChI=1S/C17H22N2O3S/c20-15-14(18-16(21)17(22)7-10-23-11-8-17)6-9-19(15)12-13-4-2-1-3-5-13/h1-5,14,22H,6-12H2,(H,18,21). The molecule has 124 valence electrons. The molecule has 23 heavy (non-hydrogen) atoms. The zero-order chi connectivity index (χ0) is 16.3. The van der Waals surface area contributed by atoms with Gasteiger partial charge in [-0.2, -0.15) is 11.8 Å². The lowest BCUT2D eigenvalue weighted by atomic mass is 9.95. The molecule has 2 N–H and O–H groups in total. The number of carbonyl (C=O) groups excluding carboxylic acids is 2. The molecule has 0 aliphatic carbocycles. The molecule has 2 saturated heterocycles. The van der Waals surface area contributed by atoms with Gasteiger partial charge in [0.15, 0.2) is 0 Å². The first kappa shape index (κ1) is 16.3. The van der Waals surface area contributed by atoms with Gasteiger partial charge in [0, 0.05) is 13.1 Å². The Kier molecular flexibility index (Phi) is 4.92. The van der Waals surface area contributed by atoms with Crippen molar-refractivity contribution >= 4 is 23.6 Å². The average molecular weight is 334 g/mol. The number of hydrogen-bond donors (Lipinski definition) is 2. The van der Waals surface area contributed by atoms with E-state index in [0.29, 0.717) is 32.4 Å². The first-order valence-corrected chi connectivity index (χ1v) is 9.18. The van der Waals surface area contributed by atoms with Crippen LogP contribution in [0.4, 0.5) is 0 Å². The minimum atomic E-state index is -1.31. The minimum Gasteiger partial charge on any atom is -0.380 e. The van der Waals surface area contributed by atoms with Crippen LogP contribution >= 0.6 is 11.8 Å². The fraction of sp³-hybridized carbons (Fsp3) is 0.529. The molecule has 0 saturated carbocycles. The molecule has 1 aromatic carbocycles. The van der Waals surface area contributed by atoms with Gasteiger partial charge in [-0.05, 0) is 36.3 Å². The lowest BCUT2D eigenvalue weighted by Crippen LogP contribution is -2.53. The maximum atomic E-state index is 12.5. The molecule has 3 rings (SSSR count). The lowest BCUT2D eigenvalue weighted by molar-refractivity contribution is -0.143. The highest BCUT2D eigenvalue weighted by Crippen LogP contribution is 2.27. The molecule has 5 nitrogen and oxygen atoms in total. The summed E-state index contributed by atoms with van der Waals surface area (Å²) < 4.78 is 0. The number of thioether (sulfide) groups is 1. The maximum Gasteiger partial charge on any atom is 0.252 e. The molecule has 2 fully saturated rings. The maximum absolute atomic E-state index is 12.5. The number of nitrogens with one attached hydrogen (secondary N) is 1. The highest BCUT2D eigenvalue weighted by Gasteiger charge is 2.41. The van der Waals surface area contributed by atoms with E-state index in [1.165, 1.54) is 0 Å². The number of rotatable bonds is 4. The number of likely N-dealkylation sites (tertiary alicyclic amines) is 1. The predicted molar refractivity (Wildman–Crippen MR) is 89.9 cm³/mol. The van der Waals surface area contributed by atoms with E-state index in [4.69, 9.17) is 0 Å². The Hall–Kier alpha value is -1.53. The molecule has 0 aromatic heterocycles. The first-order chi connectivity index (χ1) is 11.1. The molecule has 1 atom stereocenters. The summed E-state index contributed by atoms with van der Waals surface area (Å²) in [6.45, 7) is 1.19. The van der Waals surface area contributed by atoms with Crippen molar-refractivity contribution in [2.45, 2.75) is 37.5 Å². The zero-order valence-electron chi connectivity index (χ0n) is 13.0. The van der Waals surface area contributed by atoms with E-state index >= 15 is 0 Å². The van der Waals surface area contributed by atoms with Crippen molar-refractivity contribution in [3.8, 4) is 0 Å². The van der Waals surface area contributed by atoms with Crippen molar-refractivity contribution in [3.05, 3.63) is 35.9 Å². The summed E-state index contributed by atoms with van der Waals surface area (Å²) in [5, 5.41) is 13.2. The Morgan fingerprint density at radius 1 is 1.30 bits per heavy atom. The van der Waals surface area contributed by atoms with Crippen LogP contribution in [0.2, 0.25) is 0 Å². The molecule has 1 unspecified atom stereocenters. The van der Waals surface area contributed by atoms with Crippen LogP contribution in [-0.4, -0.2) is 51.5 Å². The Labute approximate surface area is 140 Å². The summed E-state index contributed by atoms with van der Waals surface area (Å²) in [7, 11) is 0. The second-order valence-electron chi connectivity index (χ2n) is 6.20. The van der Waals surface area contributed by atoms with Gasteiger partial charge in [0.05, 0.1) is 0 Å². The van der Waals surface area contributed by atoms with Gasteiger partial charge in [-0.3, -0.25) is 9.59 Å². The van der Waals surface area contributed by atoms with Crippen molar-refractivity contribution < 1.29 is 14.7 Å². The molecule has 0 bridgehead atoms. The van der Waals surface area contributed by atoms with E-state index in [9.17, 15) is 14.7 Å². The highest BCUT2D eigenvalue weighted by molar-refractivity contribution is 7.99. The molecule has 2 aliphatic rings. The molecule has 0 spiro atoms. The molecule has 2 heterocycles. The summed E-state index contributed by atoms with van der Waals surface area (Å²) in [5.41, 5.74) is -0.228. The monoisotopic (exact) mass is 334 g/mol. The second kappa shape index (κ2) is 6.93. The lowest BCUT2D eigenvalue weighted by Gasteiger charge is -2.31. The number of nitrogens with zero attached hydrogens (tertiary/aromatic N) is 1. The fourth-order valence-corrected chi connectivity index (χ4v) is 4.23. The Balaban J connectivity index is 1.57. The summed E-state index contributed by atoms with van der Waals surface area (Å²) in [6, 6.07) is 9.31. The number of aliphatic hydroxyl groups is 1. The number of hydrogen-bond acceptors (Lipinski definition) is 4. The highest BCUT2D eigenvalue weighted by atomic mass is 32.2. The predicted octanol–water partition coefficient (Wildman–Crippen LogP) is 1.16. The Bertz CT molecular complexity index is 572. The van der Waals surface area contributed by atoms with Gasteiger partial charge >= 0.3 is 0 Å². The number of amides is 2. The third-order valence-electron chi connectivity index (χ3n) is 4.56. The van der Waals surface area contributed by atoms with Crippen LogP contribution in [-0.2, 0) is 16.1 Å². The van der Waals surface area contributed by atoms with Gasteiger partial charge in [0.2, 0.25) is 5.91 Å². The van der Waals surface area contributed by atoms with Crippen molar-refractivity contribution in [2.75, 3.05) is 18.1 Å². The fourth-order valence-electron chi connectivity index (χ4n) is 3.06. The Morgan fingerprint density at radius 2 is 2.00 bits per heavy atom. The third kappa shape index (κ3) is 3.70. The molecule has 2 aliphatic heterocycles. The molecular weight excluding hydrogens is 312 g/mol.